The molecule has 1 aliphatic heterocycles. The highest BCUT2D eigenvalue weighted by molar-refractivity contribution is 8.26. The molecule has 1 saturated heterocycles. The minimum Gasteiger partial charge on any atom is -0.497 e. The molecule has 2 fully saturated rings. The van der Waals surface area contributed by atoms with Gasteiger partial charge < -0.3 is 19.0 Å². The van der Waals surface area contributed by atoms with E-state index < -0.39 is 0 Å². The number of thiocarbonyl (C=S) groups is 1. The van der Waals surface area contributed by atoms with Crippen molar-refractivity contribution >= 4 is 40.3 Å². The number of carbonyl (C=O) groups excluding carboxylic acids is 1. The Kier molecular flexibility index (Phi) is 8.92. The standard InChI is InChI=1S/C27H33NO5S2/c1-31-20-12-13-21(23(16-20)32-2)24-15-18(9-8-14-29)22(33-24)17-25-26(30)28(27(34)35-25)19-10-6-4-3-5-7-11-19/h12-13,15-17,19,29H,3-11,14H2,1-2H3/b25-17-. The molecule has 1 saturated carbocycles. The zero-order valence-electron chi connectivity index (χ0n) is 20.4. The summed E-state index contributed by atoms with van der Waals surface area (Å²) in [4.78, 5) is 15.8. The van der Waals surface area contributed by atoms with Gasteiger partial charge in [0, 0.05) is 24.8 Å². The van der Waals surface area contributed by atoms with E-state index in [4.69, 9.17) is 26.1 Å². The Balaban J connectivity index is 1.65. The Bertz CT molecular complexity index is 1090. The lowest BCUT2D eigenvalue weighted by Gasteiger charge is -2.28. The molecule has 1 aromatic carbocycles. The molecular weight excluding hydrogens is 482 g/mol. The summed E-state index contributed by atoms with van der Waals surface area (Å²) in [5, 5.41) is 9.40. The minimum absolute atomic E-state index is 0.0290. The SMILES string of the molecule is COc1ccc(-c2cc(CCCO)c(/C=C3\SC(=S)N(C4CCCCCCC4)C3=O)o2)c(OC)c1. The maximum absolute atomic E-state index is 13.4. The quantitative estimate of drug-likeness (QED) is 0.331. The average molecular weight is 516 g/mol. The number of furan rings is 1. The lowest BCUT2D eigenvalue weighted by atomic mass is 9.96. The van der Waals surface area contributed by atoms with Gasteiger partial charge in [-0.2, -0.15) is 0 Å². The third-order valence-corrected chi connectivity index (χ3v) is 7.98. The van der Waals surface area contributed by atoms with Gasteiger partial charge >= 0.3 is 0 Å². The van der Waals surface area contributed by atoms with Crippen molar-refractivity contribution in [2.75, 3.05) is 20.8 Å². The highest BCUT2D eigenvalue weighted by Crippen LogP contribution is 2.40. The van der Waals surface area contributed by atoms with Crippen molar-refractivity contribution in [2.24, 2.45) is 0 Å². The third kappa shape index (κ3) is 5.93. The van der Waals surface area contributed by atoms with E-state index in [1.54, 1.807) is 14.2 Å². The number of aryl methyl sites for hydroxylation is 1. The topological polar surface area (TPSA) is 72.1 Å². The van der Waals surface area contributed by atoms with E-state index in [1.807, 2.05) is 35.2 Å². The maximum atomic E-state index is 13.4. The minimum atomic E-state index is -0.0290. The van der Waals surface area contributed by atoms with E-state index in [0.717, 1.165) is 36.8 Å². The second kappa shape index (κ2) is 12.1. The Morgan fingerprint density at radius 3 is 2.57 bits per heavy atom. The summed E-state index contributed by atoms with van der Waals surface area (Å²) in [7, 11) is 3.22. The summed E-state index contributed by atoms with van der Waals surface area (Å²) >= 11 is 7.00. The average Bonchev–Trinajstić information content (AvgIpc) is 3.37. The van der Waals surface area contributed by atoms with Gasteiger partial charge in [-0.25, -0.2) is 0 Å². The number of aliphatic hydroxyl groups excluding tert-OH is 1. The smallest absolute Gasteiger partial charge is 0.266 e. The fourth-order valence-corrected chi connectivity index (χ4v) is 6.14. The number of carbonyl (C=O) groups is 1. The Morgan fingerprint density at radius 2 is 1.89 bits per heavy atom. The summed E-state index contributed by atoms with van der Waals surface area (Å²) in [5.41, 5.74) is 1.73. The molecule has 0 spiro atoms. The van der Waals surface area contributed by atoms with Crippen LogP contribution in [0.4, 0.5) is 0 Å². The van der Waals surface area contributed by atoms with Gasteiger partial charge in [-0.1, -0.05) is 56.1 Å². The van der Waals surface area contributed by atoms with Gasteiger partial charge in [0.2, 0.25) is 0 Å². The maximum Gasteiger partial charge on any atom is 0.266 e. The number of amides is 1. The molecule has 188 valence electrons. The van der Waals surface area contributed by atoms with E-state index in [1.165, 1.54) is 31.0 Å². The van der Waals surface area contributed by atoms with Crippen molar-refractivity contribution in [3.05, 3.63) is 40.5 Å². The molecule has 4 rings (SSSR count). The number of benzene rings is 1. The van der Waals surface area contributed by atoms with Crippen LogP contribution in [0.25, 0.3) is 17.4 Å². The summed E-state index contributed by atoms with van der Waals surface area (Å²) in [6, 6.07) is 7.70. The van der Waals surface area contributed by atoms with Crippen molar-refractivity contribution in [1.29, 1.82) is 0 Å². The van der Waals surface area contributed by atoms with Crippen molar-refractivity contribution < 1.29 is 23.8 Å². The Hall–Kier alpha value is -2.29. The van der Waals surface area contributed by atoms with Crippen LogP contribution >= 0.6 is 24.0 Å². The van der Waals surface area contributed by atoms with Gasteiger partial charge in [-0.3, -0.25) is 9.69 Å². The van der Waals surface area contributed by atoms with Crippen LogP contribution in [0.1, 0.15) is 62.7 Å². The summed E-state index contributed by atoms with van der Waals surface area (Å²) < 4.78 is 17.8. The molecule has 0 unspecified atom stereocenters. The fourth-order valence-electron chi connectivity index (χ4n) is 4.77. The monoisotopic (exact) mass is 515 g/mol. The van der Waals surface area contributed by atoms with Crippen LogP contribution < -0.4 is 9.47 Å². The lowest BCUT2D eigenvalue weighted by Crippen LogP contribution is -2.39. The molecule has 0 radical (unpaired) electrons. The summed E-state index contributed by atoms with van der Waals surface area (Å²) in [6.07, 6.45) is 11.0. The van der Waals surface area contributed by atoms with Gasteiger partial charge in [0.1, 0.15) is 27.3 Å². The van der Waals surface area contributed by atoms with Crippen molar-refractivity contribution in [3.63, 3.8) is 0 Å². The van der Waals surface area contributed by atoms with Crippen LogP contribution in [0.2, 0.25) is 0 Å². The molecule has 2 aliphatic rings. The number of hydrogen-bond acceptors (Lipinski definition) is 7. The Labute approximate surface area is 216 Å². The van der Waals surface area contributed by atoms with E-state index in [9.17, 15) is 9.90 Å². The number of aliphatic hydroxyl groups is 1. The first kappa shape index (κ1) is 25.8. The van der Waals surface area contributed by atoms with Crippen LogP contribution in [0.15, 0.2) is 33.6 Å². The molecular formula is C27H33NO5S2. The lowest BCUT2D eigenvalue weighted by molar-refractivity contribution is -0.123. The van der Waals surface area contributed by atoms with Crippen LogP contribution in [0.3, 0.4) is 0 Å². The second-order valence-electron chi connectivity index (χ2n) is 8.94. The second-order valence-corrected chi connectivity index (χ2v) is 10.6. The van der Waals surface area contributed by atoms with Gasteiger partial charge in [-0.05, 0) is 49.4 Å². The number of ether oxygens (including phenoxy) is 2. The molecule has 0 atom stereocenters. The molecule has 1 N–H and O–H groups in total. The number of nitrogens with zero attached hydrogens (tertiary/aromatic N) is 1. The van der Waals surface area contributed by atoms with Crippen LogP contribution in [-0.4, -0.2) is 47.1 Å². The summed E-state index contributed by atoms with van der Waals surface area (Å²) in [5.74, 6) is 2.55. The first-order valence-corrected chi connectivity index (χ1v) is 13.5. The molecule has 0 bridgehead atoms. The highest BCUT2D eigenvalue weighted by atomic mass is 32.2. The predicted molar refractivity (Wildman–Crippen MR) is 144 cm³/mol. The molecule has 35 heavy (non-hydrogen) atoms. The molecule has 1 amide bonds. The molecule has 1 aliphatic carbocycles. The van der Waals surface area contributed by atoms with Crippen molar-refractivity contribution in [2.45, 2.75) is 63.8 Å². The van der Waals surface area contributed by atoms with Gasteiger partial charge in [-0.15, -0.1) is 0 Å². The number of hydrogen-bond donors (Lipinski definition) is 1. The van der Waals surface area contributed by atoms with Crippen LogP contribution in [0, 0.1) is 0 Å². The summed E-state index contributed by atoms with van der Waals surface area (Å²) in [6.45, 7) is 0.0790. The van der Waals surface area contributed by atoms with E-state index in [0.29, 0.717) is 45.1 Å². The molecule has 2 heterocycles. The number of rotatable bonds is 8. The zero-order valence-corrected chi connectivity index (χ0v) is 22.0. The van der Waals surface area contributed by atoms with E-state index >= 15 is 0 Å². The molecule has 1 aromatic heterocycles. The zero-order chi connectivity index (χ0) is 24.8. The van der Waals surface area contributed by atoms with Crippen molar-refractivity contribution in [3.8, 4) is 22.8 Å². The van der Waals surface area contributed by atoms with Crippen molar-refractivity contribution in [1.82, 2.24) is 4.90 Å². The van der Waals surface area contributed by atoms with Gasteiger partial charge in [0.15, 0.2) is 0 Å². The highest BCUT2D eigenvalue weighted by Gasteiger charge is 2.37. The largest absolute Gasteiger partial charge is 0.497 e. The fraction of sp³-hybridized carbons (Fsp3) is 0.481. The predicted octanol–water partition coefficient (Wildman–Crippen LogP) is 6.20. The Morgan fingerprint density at radius 1 is 1.14 bits per heavy atom. The first-order valence-electron chi connectivity index (χ1n) is 12.3. The molecule has 6 nitrogen and oxygen atoms in total. The third-order valence-electron chi connectivity index (χ3n) is 6.65. The number of methoxy groups -OCH3 is 2. The number of thioether (sulfide) groups is 1. The first-order chi connectivity index (χ1) is 17.0. The molecule has 8 heteroatoms. The van der Waals surface area contributed by atoms with Gasteiger partial charge in [0.25, 0.3) is 5.91 Å². The van der Waals surface area contributed by atoms with Crippen LogP contribution in [0.5, 0.6) is 11.5 Å². The van der Waals surface area contributed by atoms with E-state index in [2.05, 4.69) is 0 Å². The van der Waals surface area contributed by atoms with Gasteiger partial charge in [0.05, 0.1) is 24.7 Å². The normalized spacial score (nSPS) is 18.7. The van der Waals surface area contributed by atoms with Crippen LogP contribution in [-0.2, 0) is 11.2 Å². The van der Waals surface area contributed by atoms with E-state index in [-0.39, 0.29) is 18.6 Å². The molecule has 2 aromatic rings.